The Bertz CT molecular complexity index is 956. The first-order valence-corrected chi connectivity index (χ1v) is 10.6. The smallest absolute Gasteiger partial charge is 0.175 e. The molecule has 0 aliphatic heterocycles. The van der Waals surface area contributed by atoms with Crippen LogP contribution in [0.3, 0.4) is 0 Å². The van der Waals surface area contributed by atoms with Crippen molar-refractivity contribution in [2.75, 3.05) is 12.4 Å². The van der Waals surface area contributed by atoms with Crippen molar-refractivity contribution in [1.29, 1.82) is 0 Å². The van der Waals surface area contributed by atoms with E-state index in [0.29, 0.717) is 24.7 Å². The fraction of sp³-hybridized carbons (Fsp3) is 0.217. The standard InChI is InChI=1S/C23H23Br2NO2/c1-15-4-6-17(7-5-15)14-28-23-20(25)11-18(12-22(23)27-3)13-26-21-9-8-19(24)10-16(21)2/h4-12,26H,13-14H2,1-3H3. The third-order valence-electron chi connectivity index (χ3n) is 4.46. The molecule has 0 heterocycles. The minimum Gasteiger partial charge on any atom is -0.493 e. The maximum absolute atomic E-state index is 6.04. The average molecular weight is 505 g/mol. The fourth-order valence-electron chi connectivity index (χ4n) is 2.88. The maximum atomic E-state index is 6.04. The predicted octanol–water partition coefficient (Wildman–Crippen LogP) is 7.03. The van der Waals surface area contributed by atoms with E-state index in [0.717, 1.165) is 25.8 Å². The Morgan fingerprint density at radius 3 is 2.32 bits per heavy atom. The summed E-state index contributed by atoms with van der Waals surface area (Å²) < 4.78 is 13.6. The molecule has 0 atom stereocenters. The summed E-state index contributed by atoms with van der Waals surface area (Å²) in [6.07, 6.45) is 0. The van der Waals surface area contributed by atoms with E-state index in [1.54, 1.807) is 7.11 Å². The largest absolute Gasteiger partial charge is 0.493 e. The minimum atomic E-state index is 0.491. The quantitative estimate of drug-likeness (QED) is 0.374. The molecule has 28 heavy (non-hydrogen) atoms. The molecule has 3 aromatic rings. The Hall–Kier alpha value is -1.98. The number of methoxy groups -OCH3 is 1. The second kappa shape index (κ2) is 9.48. The van der Waals surface area contributed by atoms with Crippen molar-refractivity contribution in [3.05, 3.63) is 85.8 Å². The number of ether oxygens (including phenoxy) is 2. The van der Waals surface area contributed by atoms with Crippen LogP contribution in [0.2, 0.25) is 0 Å². The van der Waals surface area contributed by atoms with Crippen LogP contribution < -0.4 is 14.8 Å². The highest BCUT2D eigenvalue weighted by Gasteiger charge is 2.12. The lowest BCUT2D eigenvalue weighted by Gasteiger charge is -2.16. The van der Waals surface area contributed by atoms with Crippen molar-refractivity contribution in [2.45, 2.75) is 27.0 Å². The van der Waals surface area contributed by atoms with Gasteiger partial charge < -0.3 is 14.8 Å². The van der Waals surface area contributed by atoms with E-state index in [9.17, 15) is 0 Å². The van der Waals surface area contributed by atoms with Crippen LogP contribution in [0.1, 0.15) is 22.3 Å². The van der Waals surface area contributed by atoms with Gasteiger partial charge in [-0.15, -0.1) is 0 Å². The maximum Gasteiger partial charge on any atom is 0.175 e. The van der Waals surface area contributed by atoms with Gasteiger partial charge in [0.15, 0.2) is 11.5 Å². The molecule has 3 nitrogen and oxygen atoms in total. The van der Waals surface area contributed by atoms with Gasteiger partial charge in [0, 0.05) is 16.7 Å². The molecule has 1 N–H and O–H groups in total. The van der Waals surface area contributed by atoms with Gasteiger partial charge in [-0.25, -0.2) is 0 Å². The Kier molecular flexibility index (Phi) is 7.03. The van der Waals surface area contributed by atoms with Crippen LogP contribution in [0.5, 0.6) is 11.5 Å². The molecule has 146 valence electrons. The summed E-state index contributed by atoms with van der Waals surface area (Å²) in [4.78, 5) is 0. The molecule has 3 aromatic carbocycles. The van der Waals surface area contributed by atoms with Gasteiger partial charge in [-0.2, -0.15) is 0 Å². The van der Waals surface area contributed by atoms with E-state index in [1.165, 1.54) is 11.1 Å². The van der Waals surface area contributed by atoms with Crippen LogP contribution in [0.25, 0.3) is 0 Å². The minimum absolute atomic E-state index is 0.491. The third-order valence-corrected chi connectivity index (χ3v) is 5.55. The zero-order valence-corrected chi connectivity index (χ0v) is 19.4. The monoisotopic (exact) mass is 503 g/mol. The summed E-state index contributed by atoms with van der Waals surface area (Å²) in [5.41, 5.74) is 5.77. The predicted molar refractivity (Wildman–Crippen MR) is 122 cm³/mol. The van der Waals surface area contributed by atoms with Gasteiger partial charge >= 0.3 is 0 Å². The summed E-state index contributed by atoms with van der Waals surface area (Å²) >= 11 is 7.13. The molecule has 0 aliphatic rings. The summed E-state index contributed by atoms with van der Waals surface area (Å²) in [6.45, 7) is 5.35. The number of aryl methyl sites for hydroxylation is 2. The molecule has 0 saturated carbocycles. The van der Waals surface area contributed by atoms with E-state index >= 15 is 0 Å². The third kappa shape index (κ3) is 5.30. The van der Waals surface area contributed by atoms with Gasteiger partial charge in [0.25, 0.3) is 0 Å². The van der Waals surface area contributed by atoms with E-state index in [4.69, 9.17) is 9.47 Å². The van der Waals surface area contributed by atoms with Crippen LogP contribution >= 0.6 is 31.9 Å². The number of anilines is 1. The first-order chi connectivity index (χ1) is 13.5. The Labute approximate surface area is 183 Å². The average Bonchev–Trinajstić information content (AvgIpc) is 2.67. The summed E-state index contributed by atoms with van der Waals surface area (Å²) in [6, 6.07) is 18.6. The number of halogens is 2. The molecule has 0 bridgehead atoms. The van der Waals surface area contributed by atoms with Crippen LogP contribution in [0, 0.1) is 13.8 Å². The summed E-state index contributed by atoms with van der Waals surface area (Å²) in [5, 5.41) is 3.48. The molecule has 0 amide bonds. The summed E-state index contributed by atoms with van der Waals surface area (Å²) in [5.74, 6) is 1.43. The highest BCUT2D eigenvalue weighted by atomic mass is 79.9. The second-order valence-electron chi connectivity index (χ2n) is 6.70. The molecular formula is C23H23Br2NO2. The molecule has 0 aliphatic carbocycles. The lowest BCUT2D eigenvalue weighted by molar-refractivity contribution is 0.282. The van der Waals surface area contributed by atoms with Crippen LogP contribution in [-0.2, 0) is 13.2 Å². The fourth-order valence-corrected chi connectivity index (χ4v) is 3.96. The van der Waals surface area contributed by atoms with Crippen LogP contribution in [0.15, 0.2) is 63.5 Å². The van der Waals surface area contributed by atoms with Gasteiger partial charge in [0.05, 0.1) is 11.6 Å². The zero-order valence-electron chi connectivity index (χ0n) is 16.2. The molecule has 0 saturated heterocycles. The SMILES string of the molecule is COc1cc(CNc2ccc(Br)cc2C)cc(Br)c1OCc1ccc(C)cc1. The number of rotatable bonds is 7. The van der Waals surface area contributed by atoms with E-state index in [1.807, 2.05) is 12.1 Å². The zero-order chi connectivity index (χ0) is 20.1. The van der Waals surface area contributed by atoms with Gasteiger partial charge in [-0.1, -0.05) is 45.8 Å². The van der Waals surface area contributed by atoms with Crippen molar-refractivity contribution in [2.24, 2.45) is 0 Å². The topological polar surface area (TPSA) is 30.5 Å². The highest BCUT2D eigenvalue weighted by molar-refractivity contribution is 9.10. The Morgan fingerprint density at radius 1 is 0.893 bits per heavy atom. The molecule has 0 unspecified atom stereocenters. The molecule has 0 aromatic heterocycles. The number of hydrogen-bond donors (Lipinski definition) is 1. The van der Waals surface area contributed by atoms with Gasteiger partial charge in [-0.3, -0.25) is 0 Å². The molecule has 3 rings (SSSR count). The lowest BCUT2D eigenvalue weighted by Crippen LogP contribution is -2.03. The van der Waals surface area contributed by atoms with Crippen LogP contribution in [-0.4, -0.2) is 7.11 Å². The van der Waals surface area contributed by atoms with E-state index < -0.39 is 0 Å². The van der Waals surface area contributed by atoms with Crippen molar-refractivity contribution < 1.29 is 9.47 Å². The Balaban J connectivity index is 1.72. The van der Waals surface area contributed by atoms with Crippen molar-refractivity contribution >= 4 is 37.5 Å². The molecule has 0 radical (unpaired) electrons. The number of nitrogens with one attached hydrogen (secondary N) is 1. The van der Waals surface area contributed by atoms with Gasteiger partial charge in [-0.05, 0) is 76.8 Å². The van der Waals surface area contributed by atoms with Gasteiger partial charge in [0.2, 0.25) is 0 Å². The second-order valence-corrected chi connectivity index (χ2v) is 8.47. The first kappa shape index (κ1) is 20.7. The van der Waals surface area contributed by atoms with Crippen molar-refractivity contribution in [3.63, 3.8) is 0 Å². The normalized spacial score (nSPS) is 10.6. The Morgan fingerprint density at radius 2 is 1.64 bits per heavy atom. The molecule has 0 spiro atoms. The molecule has 0 fully saturated rings. The number of hydrogen-bond acceptors (Lipinski definition) is 3. The highest BCUT2D eigenvalue weighted by Crippen LogP contribution is 2.37. The van der Waals surface area contributed by atoms with Gasteiger partial charge in [0.1, 0.15) is 6.61 Å². The van der Waals surface area contributed by atoms with E-state index in [-0.39, 0.29) is 0 Å². The number of benzene rings is 3. The van der Waals surface area contributed by atoms with Crippen molar-refractivity contribution in [3.8, 4) is 11.5 Å². The lowest BCUT2D eigenvalue weighted by atomic mass is 10.1. The van der Waals surface area contributed by atoms with Crippen LogP contribution in [0.4, 0.5) is 5.69 Å². The van der Waals surface area contributed by atoms with E-state index in [2.05, 4.69) is 93.5 Å². The summed E-state index contributed by atoms with van der Waals surface area (Å²) in [7, 11) is 1.66. The first-order valence-electron chi connectivity index (χ1n) is 9.01. The molecular weight excluding hydrogens is 482 g/mol. The van der Waals surface area contributed by atoms with Crippen molar-refractivity contribution in [1.82, 2.24) is 0 Å². The molecule has 5 heteroatoms.